The fraction of sp³-hybridized carbons (Fsp3) is 0.200. The third-order valence-electron chi connectivity index (χ3n) is 3.78. The predicted molar refractivity (Wildman–Crippen MR) is 103 cm³/mol. The van der Waals surface area contributed by atoms with E-state index in [1.165, 1.54) is 11.3 Å². The Morgan fingerprint density at radius 3 is 2.58 bits per heavy atom. The zero-order valence-electron chi connectivity index (χ0n) is 14.5. The Bertz CT molecular complexity index is 832. The number of nitrogens with zero attached hydrogens (tertiary/aromatic N) is 1. The summed E-state index contributed by atoms with van der Waals surface area (Å²) in [6.07, 6.45) is 0.652. The van der Waals surface area contributed by atoms with Crippen LogP contribution in [0.2, 0.25) is 0 Å². The van der Waals surface area contributed by atoms with E-state index in [1.54, 1.807) is 12.5 Å². The van der Waals surface area contributed by atoms with E-state index in [2.05, 4.69) is 10.3 Å². The van der Waals surface area contributed by atoms with Crippen LogP contribution in [-0.2, 0) is 17.7 Å². The van der Waals surface area contributed by atoms with Gasteiger partial charge in [-0.1, -0.05) is 42.5 Å². The lowest BCUT2D eigenvalue weighted by Gasteiger charge is -2.05. The molecule has 0 saturated heterocycles. The zero-order valence-corrected chi connectivity index (χ0v) is 15.3. The molecule has 0 saturated carbocycles. The lowest BCUT2D eigenvalue weighted by atomic mass is 10.1. The van der Waals surface area contributed by atoms with Crippen LogP contribution < -0.4 is 10.1 Å². The van der Waals surface area contributed by atoms with Gasteiger partial charge in [-0.3, -0.25) is 0 Å². The van der Waals surface area contributed by atoms with Crippen LogP contribution in [0.15, 0.2) is 60.0 Å². The predicted octanol–water partition coefficient (Wildman–Crippen LogP) is 4.16. The van der Waals surface area contributed by atoms with E-state index in [0.29, 0.717) is 30.4 Å². The Morgan fingerprint density at radius 2 is 1.85 bits per heavy atom. The average Bonchev–Trinajstić information content (AvgIpc) is 3.17. The van der Waals surface area contributed by atoms with Crippen LogP contribution in [-0.4, -0.2) is 24.7 Å². The Balaban J connectivity index is 1.45. The molecule has 0 spiro atoms. The summed E-state index contributed by atoms with van der Waals surface area (Å²) in [7, 11) is 1.63. The van der Waals surface area contributed by atoms with E-state index >= 15 is 0 Å². The van der Waals surface area contributed by atoms with Crippen LogP contribution in [0.25, 0.3) is 0 Å². The van der Waals surface area contributed by atoms with Crippen molar-refractivity contribution in [3.63, 3.8) is 0 Å². The highest BCUT2D eigenvalue weighted by atomic mass is 32.1. The number of carbonyl (C=O) groups is 1. The van der Waals surface area contributed by atoms with E-state index < -0.39 is 5.97 Å². The summed E-state index contributed by atoms with van der Waals surface area (Å²) in [4.78, 5) is 16.4. The number of nitrogens with one attached hydrogen (secondary N) is 1. The van der Waals surface area contributed by atoms with Crippen LogP contribution in [0.1, 0.15) is 21.6 Å². The average molecular weight is 368 g/mol. The fourth-order valence-corrected chi connectivity index (χ4v) is 3.03. The lowest BCUT2D eigenvalue weighted by Crippen LogP contribution is -2.09. The summed E-state index contributed by atoms with van der Waals surface area (Å²) in [6, 6.07) is 17.7. The minimum absolute atomic E-state index is 0.315. The molecule has 0 amide bonds. The number of rotatable bonds is 8. The van der Waals surface area contributed by atoms with Gasteiger partial charge in [0.2, 0.25) is 0 Å². The Hall–Kier alpha value is -2.86. The van der Waals surface area contributed by atoms with Crippen molar-refractivity contribution < 1.29 is 14.3 Å². The number of carbonyl (C=O) groups excluding carboxylic acids is 1. The second-order valence-electron chi connectivity index (χ2n) is 5.61. The molecular formula is C20H20N2O3S. The maximum Gasteiger partial charge on any atom is 0.357 e. The maximum absolute atomic E-state index is 12.1. The van der Waals surface area contributed by atoms with Gasteiger partial charge in [0.15, 0.2) is 10.8 Å². The molecule has 1 aromatic heterocycles. The first-order valence-electron chi connectivity index (χ1n) is 8.28. The third kappa shape index (κ3) is 5.07. The van der Waals surface area contributed by atoms with Gasteiger partial charge in [0.1, 0.15) is 5.75 Å². The molecule has 0 radical (unpaired) electrons. The van der Waals surface area contributed by atoms with Gasteiger partial charge in [0, 0.05) is 18.3 Å². The van der Waals surface area contributed by atoms with Crippen molar-refractivity contribution in [3.8, 4) is 5.75 Å². The van der Waals surface area contributed by atoms with Crippen molar-refractivity contribution >= 4 is 22.4 Å². The molecule has 1 heterocycles. The van der Waals surface area contributed by atoms with E-state index in [-0.39, 0.29) is 0 Å². The Kier molecular flexibility index (Phi) is 6.22. The highest BCUT2D eigenvalue weighted by Gasteiger charge is 2.12. The third-order valence-corrected chi connectivity index (χ3v) is 4.58. The van der Waals surface area contributed by atoms with E-state index in [4.69, 9.17) is 9.47 Å². The molecule has 0 aliphatic rings. The number of anilines is 1. The monoisotopic (exact) mass is 368 g/mol. The molecule has 0 atom stereocenters. The fourth-order valence-electron chi connectivity index (χ4n) is 2.35. The van der Waals surface area contributed by atoms with Crippen LogP contribution in [0.5, 0.6) is 5.75 Å². The molecular weight excluding hydrogens is 348 g/mol. The van der Waals surface area contributed by atoms with Gasteiger partial charge < -0.3 is 14.8 Å². The number of hydrogen-bond acceptors (Lipinski definition) is 6. The van der Waals surface area contributed by atoms with Gasteiger partial charge in [0.25, 0.3) is 0 Å². The lowest BCUT2D eigenvalue weighted by molar-refractivity contribution is 0.0503. The van der Waals surface area contributed by atoms with E-state index in [9.17, 15) is 4.79 Å². The van der Waals surface area contributed by atoms with Crippen LogP contribution >= 0.6 is 11.3 Å². The summed E-state index contributed by atoms with van der Waals surface area (Å²) in [6.45, 7) is 0.982. The summed E-state index contributed by atoms with van der Waals surface area (Å²) in [5.74, 6) is 0.409. The van der Waals surface area contributed by atoms with Crippen LogP contribution in [0.3, 0.4) is 0 Å². The standard InChI is InChI=1S/C20H20N2O3S/c1-24-17-9-7-15(8-10-17)11-12-25-19(23)18-14-26-20(22-18)21-13-16-5-3-2-4-6-16/h2-10,14H,11-13H2,1H3,(H,21,22). The summed E-state index contributed by atoms with van der Waals surface area (Å²) in [5, 5.41) is 5.63. The molecule has 2 aromatic carbocycles. The van der Waals surface area contributed by atoms with Gasteiger partial charge in [-0.2, -0.15) is 0 Å². The van der Waals surface area contributed by atoms with Crippen molar-refractivity contribution in [1.82, 2.24) is 4.98 Å². The second-order valence-corrected chi connectivity index (χ2v) is 6.47. The molecule has 134 valence electrons. The molecule has 3 aromatic rings. The molecule has 0 aliphatic heterocycles. The summed E-state index contributed by atoms with van der Waals surface area (Å²) in [5.41, 5.74) is 2.58. The van der Waals surface area contributed by atoms with E-state index in [1.807, 2.05) is 54.6 Å². The Labute approximate surface area is 156 Å². The van der Waals surface area contributed by atoms with Crippen molar-refractivity contribution in [1.29, 1.82) is 0 Å². The van der Waals surface area contributed by atoms with E-state index in [0.717, 1.165) is 16.9 Å². The number of ether oxygens (including phenoxy) is 2. The zero-order chi connectivity index (χ0) is 18.2. The molecule has 0 fully saturated rings. The molecule has 0 aliphatic carbocycles. The van der Waals surface area contributed by atoms with Gasteiger partial charge >= 0.3 is 5.97 Å². The van der Waals surface area contributed by atoms with Crippen molar-refractivity contribution in [2.45, 2.75) is 13.0 Å². The number of methoxy groups -OCH3 is 1. The minimum atomic E-state index is -0.400. The second kappa shape index (κ2) is 9.01. The molecule has 0 unspecified atom stereocenters. The molecule has 3 rings (SSSR count). The van der Waals surface area contributed by atoms with Gasteiger partial charge in [-0.25, -0.2) is 9.78 Å². The molecule has 1 N–H and O–H groups in total. The quantitative estimate of drug-likeness (QED) is 0.605. The van der Waals surface area contributed by atoms with Crippen molar-refractivity contribution in [3.05, 3.63) is 76.8 Å². The number of benzene rings is 2. The first-order valence-corrected chi connectivity index (χ1v) is 9.16. The normalized spacial score (nSPS) is 10.3. The van der Waals surface area contributed by atoms with Crippen LogP contribution in [0.4, 0.5) is 5.13 Å². The van der Waals surface area contributed by atoms with Crippen LogP contribution in [0, 0.1) is 0 Å². The van der Waals surface area contributed by atoms with Crippen molar-refractivity contribution in [2.24, 2.45) is 0 Å². The highest BCUT2D eigenvalue weighted by molar-refractivity contribution is 7.13. The summed E-state index contributed by atoms with van der Waals surface area (Å²) >= 11 is 1.39. The number of esters is 1. The SMILES string of the molecule is COc1ccc(CCOC(=O)c2csc(NCc3ccccc3)n2)cc1. The minimum Gasteiger partial charge on any atom is -0.497 e. The van der Waals surface area contributed by atoms with Crippen molar-refractivity contribution in [2.75, 3.05) is 19.0 Å². The first-order chi connectivity index (χ1) is 12.7. The number of hydrogen-bond donors (Lipinski definition) is 1. The Morgan fingerprint density at radius 1 is 1.08 bits per heavy atom. The largest absolute Gasteiger partial charge is 0.497 e. The number of aromatic nitrogens is 1. The number of thiazole rings is 1. The molecule has 0 bridgehead atoms. The van der Waals surface area contributed by atoms with Gasteiger partial charge in [-0.05, 0) is 23.3 Å². The highest BCUT2D eigenvalue weighted by Crippen LogP contribution is 2.17. The molecule has 5 nitrogen and oxygen atoms in total. The maximum atomic E-state index is 12.1. The first kappa shape index (κ1) is 17.9. The van der Waals surface area contributed by atoms with Gasteiger partial charge in [-0.15, -0.1) is 11.3 Å². The molecule has 6 heteroatoms. The molecule has 26 heavy (non-hydrogen) atoms. The topological polar surface area (TPSA) is 60.5 Å². The smallest absolute Gasteiger partial charge is 0.357 e. The summed E-state index contributed by atoms with van der Waals surface area (Å²) < 4.78 is 10.4. The van der Waals surface area contributed by atoms with Gasteiger partial charge in [0.05, 0.1) is 13.7 Å².